The molecule has 17 heavy (non-hydrogen) atoms. The van der Waals surface area contributed by atoms with Crippen molar-refractivity contribution in [3.63, 3.8) is 0 Å². The van der Waals surface area contributed by atoms with Crippen LogP contribution in [0, 0.1) is 5.41 Å². The third-order valence-corrected chi connectivity index (χ3v) is 4.28. The quantitative estimate of drug-likeness (QED) is 0.793. The lowest BCUT2D eigenvalue weighted by atomic mass is 9.72. The molecule has 0 aromatic heterocycles. The Kier molecular flexibility index (Phi) is 5.46. The Morgan fingerprint density at radius 1 is 1.29 bits per heavy atom. The van der Waals surface area contributed by atoms with Crippen LogP contribution in [0.4, 0.5) is 0 Å². The topological polar surface area (TPSA) is 15.3 Å². The molecule has 0 aromatic rings. The molecule has 0 aromatic carbocycles. The molecule has 0 saturated heterocycles. The second-order valence-electron chi connectivity index (χ2n) is 6.56. The van der Waals surface area contributed by atoms with Crippen LogP contribution < -0.4 is 5.32 Å². The normalized spacial score (nSPS) is 28.9. The van der Waals surface area contributed by atoms with Crippen LogP contribution in [-0.4, -0.2) is 36.1 Å². The van der Waals surface area contributed by atoms with E-state index in [9.17, 15) is 0 Å². The van der Waals surface area contributed by atoms with Crippen LogP contribution in [0.2, 0.25) is 0 Å². The zero-order valence-corrected chi connectivity index (χ0v) is 12.7. The van der Waals surface area contributed by atoms with Gasteiger partial charge in [0.25, 0.3) is 0 Å². The van der Waals surface area contributed by atoms with Crippen molar-refractivity contribution in [1.29, 1.82) is 0 Å². The van der Waals surface area contributed by atoms with E-state index >= 15 is 0 Å². The van der Waals surface area contributed by atoms with Crippen LogP contribution in [0.1, 0.15) is 60.8 Å². The smallest absolute Gasteiger partial charge is 0.0257 e. The lowest BCUT2D eigenvalue weighted by Crippen LogP contribution is -2.56. The third-order valence-electron chi connectivity index (χ3n) is 4.28. The number of nitrogens with zero attached hydrogens (tertiary/aromatic N) is 1. The van der Waals surface area contributed by atoms with Crippen LogP contribution in [0.3, 0.4) is 0 Å². The van der Waals surface area contributed by atoms with E-state index in [0.29, 0.717) is 23.5 Å². The summed E-state index contributed by atoms with van der Waals surface area (Å²) in [6.45, 7) is 16.3. The Morgan fingerprint density at radius 2 is 1.94 bits per heavy atom. The molecular weight excluding hydrogens is 208 g/mol. The Hall–Kier alpha value is -0.0800. The summed E-state index contributed by atoms with van der Waals surface area (Å²) in [6, 6.07) is 2.05. The Bertz CT molecular complexity index is 223. The summed E-state index contributed by atoms with van der Waals surface area (Å²) in [5.41, 5.74) is 0.513. The van der Waals surface area contributed by atoms with Crippen molar-refractivity contribution in [2.24, 2.45) is 5.41 Å². The first-order valence-corrected chi connectivity index (χ1v) is 7.40. The summed E-state index contributed by atoms with van der Waals surface area (Å²) in [4.78, 5) is 2.67. The molecule has 1 fully saturated rings. The van der Waals surface area contributed by atoms with Gasteiger partial charge in [-0.25, -0.2) is 0 Å². The molecule has 0 radical (unpaired) electrons. The van der Waals surface area contributed by atoms with Crippen molar-refractivity contribution in [1.82, 2.24) is 10.2 Å². The lowest BCUT2D eigenvalue weighted by molar-refractivity contribution is 0.0492. The molecule has 2 atom stereocenters. The highest BCUT2D eigenvalue weighted by atomic mass is 15.2. The maximum Gasteiger partial charge on any atom is 0.0257 e. The highest BCUT2D eigenvalue weighted by Crippen LogP contribution is 2.38. The van der Waals surface area contributed by atoms with Gasteiger partial charge in [-0.1, -0.05) is 27.7 Å². The van der Waals surface area contributed by atoms with Crippen molar-refractivity contribution >= 4 is 0 Å². The molecular formula is C15H32N2. The summed E-state index contributed by atoms with van der Waals surface area (Å²) >= 11 is 0. The van der Waals surface area contributed by atoms with Gasteiger partial charge >= 0.3 is 0 Å². The maximum atomic E-state index is 3.70. The molecule has 0 amide bonds. The highest BCUT2D eigenvalue weighted by Gasteiger charge is 2.37. The van der Waals surface area contributed by atoms with Crippen molar-refractivity contribution < 1.29 is 0 Å². The summed E-state index contributed by atoms with van der Waals surface area (Å²) in [7, 11) is 0. The van der Waals surface area contributed by atoms with E-state index in [1.165, 1.54) is 25.8 Å². The Labute approximate surface area is 108 Å². The third kappa shape index (κ3) is 3.96. The van der Waals surface area contributed by atoms with E-state index in [1.807, 2.05) is 0 Å². The van der Waals surface area contributed by atoms with E-state index in [2.05, 4.69) is 51.8 Å². The molecule has 0 heterocycles. The monoisotopic (exact) mass is 240 g/mol. The largest absolute Gasteiger partial charge is 0.313 e. The van der Waals surface area contributed by atoms with Gasteiger partial charge in [0.1, 0.15) is 0 Å². The Balaban J connectivity index is 2.78. The van der Waals surface area contributed by atoms with Gasteiger partial charge < -0.3 is 5.32 Å². The summed E-state index contributed by atoms with van der Waals surface area (Å²) < 4.78 is 0. The van der Waals surface area contributed by atoms with Gasteiger partial charge in [-0.3, -0.25) is 4.90 Å². The zero-order valence-electron chi connectivity index (χ0n) is 12.7. The van der Waals surface area contributed by atoms with Crippen molar-refractivity contribution in [3.05, 3.63) is 0 Å². The molecule has 102 valence electrons. The minimum absolute atomic E-state index is 0.513. The molecule has 0 spiro atoms. The van der Waals surface area contributed by atoms with E-state index in [4.69, 9.17) is 0 Å². The van der Waals surface area contributed by atoms with Crippen molar-refractivity contribution in [2.75, 3.05) is 13.1 Å². The Morgan fingerprint density at radius 3 is 2.41 bits per heavy atom. The fourth-order valence-corrected chi connectivity index (χ4v) is 3.38. The van der Waals surface area contributed by atoms with Gasteiger partial charge in [-0.05, 0) is 51.6 Å². The summed E-state index contributed by atoms with van der Waals surface area (Å²) in [5.74, 6) is 0. The molecule has 0 bridgehead atoms. The molecule has 0 aliphatic heterocycles. The van der Waals surface area contributed by atoms with Gasteiger partial charge in [0, 0.05) is 18.1 Å². The van der Waals surface area contributed by atoms with Crippen LogP contribution in [0.15, 0.2) is 0 Å². The van der Waals surface area contributed by atoms with E-state index < -0.39 is 0 Å². The lowest BCUT2D eigenvalue weighted by Gasteiger charge is -2.47. The van der Waals surface area contributed by atoms with Gasteiger partial charge in [0.15, 0.2) is 0 Å². The maximum absolute atomic E-state index is 3.70. The number of rotatable bonds is 5. The minimum Gasteiger partial charge on any atom is -0.313 e. The second kappa shape index (κ2) is 6.19. The van der Waals surface area contributed by atoms with Crippen LogP contribution in [0.5, 0.6) is 0 Å². The predicted octanol–water partition coefficient (Wildman–Crippen LogP) is 3.27. The van der Waals surface area contributed by atoms with Crippen LogP contribution in [-0.2, 0) is 0 Å². The van der Waals surface area contributed by atoms with Gasteiger partial charge in [0.05, 0.1) is 0 Å². The standard InChI is InChI=1S/C15H32N2/c1-7-16-13-9-10-15(5,6)11-14(13)17(8-2)12(3)4/h12-14,16H,7-11H2,1-6H3. The van der Waals surface area contributed by atoms with Gasteiger partial charge in [0.2, 0.25) is 0 Å². The average Bonchev–Trinajstić information content (AvgIpc) is 2.22. The summed E-state index contributed by atoms with van der Waals surface area (Å²) in [6.07, 6.45) is 4.02. The highest BCUT2D eigenvalue weighted by molar-refractivity contribution is 4.94. The number of hydrogen-bond donors (Lipinski definition) is 1. The molecule has 1 rings (SSSR count). The first-order valence-electron chi connectivity index (χ1n) is 7.40. The number of nitrogens with one attached hydrogen (secondary N) is 1. The summed E-state index contributed by atoms with van der Waals surface area (Å²) in [5, 5.41) is 3.70. The first kappa shape index (κ1) is 15.0. The van der Waals surface area contributed by atoms with Crippen LogP contribution >= 0.6 is 0 Å². The van der Waals surface area contributed by atoms with Crippen LogP contribution in [0.25, 0.3) is 0 Å². The van der Waals surface area contributed by atoms with E-state index in [0.717, 1.165) is 6.54 Å². The SMILES string of the molecule is CCNC1CCC(C)(C)CC1N(CC)C(C)C. The predicted molar refractivity (Wildman–Crippen MR) is 76.4 cm³/mol. The minimum atomic E-state index is 0.513. The zero-order chi connectivity index (χ0) is 13.1. The fourth-order valence-electron chi connectivity index (χ4n) is 3.38. The number of hydrogen-bond acceptors (Lipinski definition) is 2. The van der Waals surface area contributed by atoms with Crippen molar-refractivity contribution in [2.45, 2.75) is 78.9 Å². The number of likely N-dealkylation sites (N-methyl/N-ethyl adjacent to an activating group) is 2. The average molecular weight is 240 g/mol. The second-order valence-corrected chi connectivity index (χ2v) is 6.56. The van der Waals surface area contributed by atoms with E-state index in [1.54, 1.807) is 0 Å². The molecule has 2 heteroatoms. The fraction of sp³-hybridized carbons (Fsp3) is 1.00. The van der Waals surface area contributed by atoms with Gasteiger partial charge in [-0.15, -0.1) is 0 Å². The van der Waals surface area contributed by atoms with Crippen molar-refractivity contribution in [3.8, 4) is 0 Å². The van der Waals surface area contributed by atoms with Gasteiger partial charge in [-0.2, -0.15) is 0 Å². The molecule has 1 N–H and O–H groups in total. The molecule has 1 saturated carbocycles. The van der Waals surface area contributed by atoms with E-state index in [-0.39, 0.29) is 0 Å². The molecule has 2 unspecified atom stereocenters. The molecule has 1 aliphatic rings. The first-order chi connectivity index (χ1) is 7.91. The molecule has 1 aliphatic carbocycles. The molecule has 2 nitrogen and oxygen atoms in total.